The highest BCUT2D eigenvalue weighted by atomic mass is 16.2. The maximum Gasteiger partial charge on any atom is 0.258 e. The third-order valence-electron chi connectivity index (χ3n) is 4.46. The number of H-pyrrole nitrogens is 1. The molecule has 0 fully saturated rings. The minimum Gasteiger partial charge on any atom is -0.343 e. The molecule has 28 heavy (non-hydrogen) atoms. The van der Waals surface area contributed by atoms with Gasteiger partial charge in [0.25, 0.3) is 22.9 Å². The van der Waals surface area contributed by atoms with Crippen LogP contribution in [0.2, 0.25) is 0 Å². The van der Waals surface area contributed by atoms with E-state index in [2.05, 4.69) is 15.6 Å². The van der Waals surface area contributed by atoms with Crippen LogP contribution in [0.15, 0.2) is 33.9 Å². The van der Waals surface area contributed by atoms with E-state index in [1.807, 2.05) is 5.32 Å². The van der Waals surface area contributed by atoms with E-state index < -0.39 is 47.8 Å². The van der Waals surface area contributed by atoms with Gasteiger partial charge in [0.15, 0.2) is 0 Å². The van der Waals surface area contributed by atoms with E-state index in [9.17, 15) is 28.8 Å². The quantitative estimate of drug-likeness (QED) is 0.278. The van der Waals surface area contributed by atoms with Crippen LogP contribution in [0, 0.1) is 0 Å². The predicted octanol–water partition coefficient (Wildman–Crippen LogP) is -1.40. The average molecular weight is 380 g/mol. The number of nitrogens with one attached hydrogen (secondary N) is 4. The van der Waals surface area contributed by atoms with Gasteiger partial charge in [0.2, 0.25) is 11.8 Å². The van der Waals surface area contributed by atoms with Crippen molar-refractivity contribution in [3.05, 3.63) is 56.1 Å². The number of fused-ring (bicyclic) bond motifs is 12. The van der Waals surface area contributed by atoms with Gasteiger partial charge in [-0.2, -0.15) is 0 Å². The lowest BCUT2D eigenvalue weighted by atomic mass is 9.94. The van der Waals surface area contributed by atoms with Crippen molar-refractivity contribution in [2.45, 2.75) is 0 Å². The molecule has 2 aliphatic rings. The Bertz CT molecular complexity index is 1210. The number of hydrogen-bond acceptors (Lipinski definition) is 6. The second-order valence-electron chi connectivity index (χ2n) is 6.19. The fourth-order valence-corrected chi connectivity index (χ4v) is 3.25. The van der Waals surface area contributed by atoms with Crippen LogP contribution < -0.4 is 27.1 Å². The van der Waals surface area contributed by atoms with Crippen molar-refractivity contribution in [1.29, 1.82) is 0 Å². The maximum absolute atomic E-state index is 12.6. The van der Waals surface area contributed by atoms with Gasteiger partial charge in [0, 0.05) is 32.7 Å². The van der Waals surface area contributed by atoms with Crippen LogP contribution in [0.5, 0.6) is 0 Å². The lowest BCUT2D eigenvalue weighted by molar-refractivity contribution is -0.129. The second kappa shape index (κ2) is 6.27. The van der Waals surface area contributed by atoms with Gasteiger partial charge in [0.05, 0.1) is 13.1 Å². The van der Waals surface area contributed by atoms with Crippen molar-refractivity contribution in [2.75, 3.05) is 13.1 Å². The first-order valence-electron chi connectivity index (χ1n) is 8.21. The number of carbonyl (C=O) groups is 4. The average Bonchev–Trinajstić information content (AvgIpc) is 2.86. The summed E-state index contributed by atoms with van der Waals surface area (Å²) in [5.41, 5.74) is -1.38. The van der Waals surface area contributed by atoms with Crippen molar-refractivity contribution >= 4 is 45.2 Å². The first-order chi connectivity index (χ1) is 13.4. The number of benzene rings is 2. The molecule has 4 amide bonds. The Balaban J connectivity index is 2.11. The summed E-state index contributed by atoms with van der Waals surface area (Å²) in [6, 6.07) is 5.45. The largest absolute Gasteiger partial charge is 0.343 e. The summed E-state index contributed by atoms with van der Waals surface area (Å²) >= 11 is 0. The highest BCUT2D eigenvalue weighted by molar-refractivity contribution is 6.24. The molecule has 6 rings (SSSR count). The maximum atomic E-state index is 12.6. The number of imide groups is 1. The molecule has 4 heterocycles. The number of hydrogen-bond donors (Lipinski definition) is 4. The highest BCUT2D eigenvalue weighted by Gasteiger charge is 2.23. The van der Waals surface area contributed by atoms with Gasteiger partial charge in [-0.15, -0.1) is 0 Å². The van der Waals surface area contributed by atoms with Gasteiger partial charge < -0.3 is 10.6 Å². The summed E-state index contributed by atoms with van der Waals surface area (Å²) in [5.74, 6) is -2.91. The van der Waals surface area contributed by atoms with Gasteiger partial charge in [-0.25, -0.2) is 0 Å². The number of amides is 4. The van der Waals surface area contributed by atoms with E-state index >= 15 is 0 Å². The summed E-state index contributed by atoms with van der Waals surface area (Å²) in [4.78, 5) is 75.7. The molecule has 140 valence electrons. The molecule has 4 N–H and O–H groups in total. The Hall–Kier alpha value is -4.08. The van der Waals surface area contributed by atoms with E-state index in [0.29, 0.717) is 0 Å². The Morgan fingerprint density at radius 3 is 1.46 bits per heavy atom. The molecule has 2 aromatic carbocycles. The zero-order chi connectivity index (χ0) is 20.0. The van der Waals surface area contributed by atoms with Crippen LogP contribution in [0.4, 0.5) is 0 Å². The van der Waals surface area contributed by atoms with Gasteiger partial charge in [-0.05, 0) is 24.3 Å². The Kier molecular flexibility index (Phi) is 3.88. The fourth-order valence-electron chi connectivity index (χ4n) is 3.25. The molecule has 10 nitrogen and oxygen atoms in total. The van der Waals surface area contributed by atoms with E-state index in [1.165, 1.54) is 24.3 Å². The minimum atomic E-state index is -0.759. The summed E-state index contributed by atoms with van der Waals surface area (Å²) in [5, 5.41) is 7.08. The molecule has 2 aliphatic heterocycles. The normalized spacial score (nSPS) is 15.6. The second-order valence-corrected chi connectivity index (χ2v) is 6.19. The SMILES string of the molecule is O=C1CNC(=O)c2ccc(c3c4ccc(c(=O)[nH]c4=O)c23)C(=O)NCC(=O)N1. The van der Waals surface area contributed by atoms with Crippen LogP contribution in [0.3, 0.4) is 0 Å². The third kappa shape index (κ3) is 2.67. The molecule has 0 saturated carbocycles. The summed E-state index contributed by atoms with van der Waals surface area (Å²) in [6.45, 7) is -0.968. The number of aromatic amines is 1. The monoisotopic (exact) mass is 380 g/mol. The molecule has 0 saturated heterocycles. The third-order valence-corrected chi connectivity index (χ3v) is 4.46. The lowest BCUT2D eigenvalue weighted by Crippen LogP contribution is -2.43. The van der Waals surface area contributed by atoms with Crippen LogP contribution >= 0.6 is 0 Å². The molecule has 0 unspecified atom stereocenters. The summed E-state index contributed by atoms with van der Waals surface area (Å²) in [6.07, 6.45) is 0. The molecular formula is C18H12N4O6. The smallest absolute Gasteiger partial charge is 0.258 e. The molecule has 4 aromatic rings. The number of rotatable bonds is 0. The summed E-state index contributed by atoms with van der Waals surface area (Å²) < 4.78 is 0. The minimum absolute atomic E-state index is 0.0200. The molecule has 2 aromatic heterocycles. The van der Waals surface area contributed by atoms with Crippen LogP contribution in [-0.2, 0) is 9.59 Å². The molecule has 10 heteroatoms. The number of aromatic nitrogens is 1. The van der Waals surface area contributed by atoms with Crippen molar-refractivity contribution in [3.8, 4) is 0 Å². The Labute approximate surface area is 155 Å². The van der Waals surface area contributed by atoms with Crippen LogP contribution in [-0.4, -0.2) is 41.7 Å². The predicted molar refractivity (Wildman–Crippen MR) is 97.3 cm³/mol. The molecule has 0 radical (unpaired) electrons. The Morgan fingerprint density at radius 2 is 1.04 bits per heavy atom. The van der Waals surface area contributed by atoms with Crippen molar-refractivity contribution in [2.24, 2.45) is 0 Å². The zero-order valence-corrected chi connectivity index (χ0v) is 14.2. The Morgan fingerprint density at radius 1 is 0.607 bits per heavy atom. The molecule has 0 aliphatic carbocycles. The van der Waals surface area contributed by atoms with Crippen LogP contribution in [0.1, 0.15) is 20.7 Å². The molecule has 0 spiro atoms. The first-order valence-corrected chi connectivity index (χ1v) is 8.21. The van der Waals surface area contributed by atoms with E-state index in [-0.39, 0.29) is 32.7 Å². The van der Waals surface area contributed by atoms with Gasteiger partial charge >= 0.3 is 0 Å². The zero-order valence-electron chi connectivity index (χ0n) is 14.2. The summed E-state index contributed by atoms with van der Waals surface area (Å²) in [7, 11) is 0. The highest BCUT2D eigenvalue weighted by Crippen LogP contribution is 2.29. The topological polar surface area (TPSA) is 154 Å². The molecule has 4 bridgehead atoms. The molecular weight excluding hydrogens is 368 g/mol. The van der Waals surface area contributed by atoms with Crippen molar-refractivity contribution in [1.82, 2.24) is 20.9 Å². The molecule has 0 atom stereocenters. The van der Waals surface area contributed by atoms with E-state index in [4.69, 9.17) is 0 Å². The fraction of sp³-hybridized carbons (Fsp3) is 0.111. The lowest BCUT2D eigenvalue weighted by Gasteiger charge is -2.11. The van der Waals surface area contributed by atoms with Gasteiger partial charge in [-0.3, -0.25) is 39.1 Å². The standard InChI is InChI=1S/C18H12N4O6/c23-11-5-19-15(25)7-1-2-8(16(26)20-6-12(24)21-11)14-10-4-3-9(13(7)14)17(27)22-18(10)28/h1-4H,5-6H2,(H,19,25)(H,20,26)(H,21,23,24)(H,22,27,28). The first kappa shape index (κ1) is 17.3. The van der Waals surface area contributed by atoms with Crippen LogP contribution in [0.25, 0.3) is 21.5 Å². The van der Waals surface area contributed by atoms with E-state index in [1.54, 1.807) is 0 Å². The van der Waals surface area contributed by atoms with Gasteiger partial charge in [-0.1, -0.05) is 0 Å². The number of carbonyl (C=O) groups excluding carboxylic acids is 4. The van der Waals surface area contributed by atoms with Crippen molar-refractivity contribution in [3.63, 3.8) is 0 Å². The van der Waals surface area contributed by atoms with Gasteiger partial charge in [0.1, 0.15) is 0 Å². The van der Waals surface area contributed by atoms with E-state index in [0.717, 1.165) is 0 Å². The van der Waals surface area contributed by atoms with Crippen molar-refractivity contribution < 1.29 is 19.2 Å².